The summed E-state index contributed by atoms with van der Waals surface area (Å²) < 4.78 is 0. The lowest BCUT2D eigenvalue weighted by atomic mass is 9.89. The smallest absolute Gasteiger partial charge is 0.251 e. The number of piperidine rings is 1. The number of likely N-dealkylation sites (tertiary alicyclic amines) is 1. The van der Waals surface area contributed by atoms with Gasteiger partial charge in [-0.1, -0.05) is 13.0 Å². The predicted molar refractivity (Wildman–Crippen MR) is 93.0 cm³/mol. The Labute approximate surface area is 137 Å². The normalized spacial score (nSPS) is 19.8. The van der Waals surface area contributed by atoms with Crippen LogP contribution in [-0.4, -0.2) is 42.0 Å². The van der Waals surface area contributed by atoms with Gasteiger partial charge in [-0.15, -0.1) is 0 Å². The third kappa shape index (κ3) is 2.55. The number of nitrogens with one attached hydrogen (secondary N) is 2. The van der Waals surface area contributed by atoms with Crippen LogP contribution in [0.4, 0.5) is 0 Å². The first-order valence-corrected chi connectivity index (χ1v) is 8.92. The molecule has 1 amide bonds. The summed E-state index contributed by atoms with van der Waals surface area (Å²) in [5.74, 6) is 0.671. The lowest BCUT2D eigenvalue weighted by Gasteiger charge is -2.31. The fourth-order valence-corrected chi connectivity index (χ4v) is 4.29. The van der Waals surface area contributed by atoms with E-state index in [1.165, 1.54) is 50.2 Å². The summed E-state index contributed by atoms with van der Waals surface area (Å²) in [4.78, 5) is 18.5. The number of aromatic amines is 1. The minimum Gasteiger partial charge on any atom is -0.358 e. The third-order valence-electron chi connectivity index (χ3n) is 5.40. The number of amides is 1. The quantitative estimate of drug-likeness (QED) is 0.915. The Morgan fingerprint density at radius 1 is 1.26 bits per heavy atom. The number of carbonyl (C=O) groups is 1. The van der Waals surface area contributed by atoms with Gasteiger partial charge in [-0.2, -0.15) is 0 Å². The average molecular weight is 311 g/mol. The highest BCUT2D eigenvalue weighted by molar-refractivity contribution is 6.08. The summed E-state index contributed by atoms with van der Waals surface area (Å²) in [6.07, 6.45) is 4.61. The van der Waals surface area contributed by atoms with E-state index >= 15 is 0 Å². The van der Waals surface area contributed by atoms with Crippen molar-refractivity contribution in [3.8, 4) is 0 Å². The summed E-state index contributed by atoms with van der Waals surface area (Å²) in [5, 5.41) is 4.19. The molecule has 0 unspecified atom stereocenters. The molecule has 4 heteroatoms. The minimum atomic E-state index is 0.0673. The second-order valence-electron chi connectivity index (χ2n) is 6.87. The Bertz CT molecular complexity index is 726. The fraction of sp³-hybridized carbons (Fsp3) is 0.526. The van der Waals surface area contributed by atoms with Crippen molar-refractivity contribution in [2.45, 2.75) is 38.5 Å². The summed E-state index contributed by atoms with van der Waals surface area (Å²) in [6.45, 7) is 6.59. The summed E-state index contributed by atoms with van der Waals surface area (Å²) >= 11 is 0. The van der Waals surface area contributed by atoms with Gasteiger partial charge >= 0.3 is 0 Å². The Kier molecular flexibility index (Phi) is 3.85. The van der Waals surface area contributed by atoms with E-state index in [4.69, 9.17) is 0 Å². The van der Waals surface area contributed by atoms with Crippen molar-refractivity contribution >= 4 is 16.8 Å². The standard InChI is InChI=1S/C19H25N3O/c1-2-10-22-11-7-13(8-12-22)18-14-6-9-20-19(23)15-4-3-5-16(21-18)17(14)15/h3-5,13,21H,2,6-12H2,1H3,(H,20,23). The molecule has 1 aromatic heterocycles. The molecule has 1 saturated heterocycles. The van der Waals surface area contributed by atoms with E-state index in [1.54, 1.807) is 0 Å². The number of hydrogen-bond acceptors (Lipinski definition) is 2. The monoisotopic (exact) mass is 311 g/mol. The largest absolute Gasteiger partial charge is 0.358 e. The topological polar surface area (TPSA) is 48.1 Å². The van der Waals surface area contributed by atoms with Gasteiger partial charge in [0.05, 0.1) is 0 Å². The van der Waals surface area contributed by atoms with Gasteiger partial charge in [0.15, 0.2) is 0 Å². The average Bonchev–Trinajstić information content (AvgIpc) is 2.85. The molecule has 0 bridgehead atoms. The summed E-state index contributed by atoms with van der Waals surface area (Å²) in [6, 6.07) is 6.04. The van der Waals surface area contributed by atoms with Crippen LogP contribution in [0.25, 0.3) is 10.9 Å². The molecule has 122 valence electrons. The van der Waals surface area contributed by atoms with Crippen molar-refractivity contribution in [2.75, 3.05) is 26.2 Å². The summed E-state index contributed by atoms with van der Waals surface area (Å²) in [7, 11) is 0. The van der Waals surface area contributed by atoms with Gasteiger partial charge < -0.3 is 15.2 Å². The number of carbonyl (C=O) groups excluding carboxylic acids is 1. The highest BCUT2D eigenvalue weighted by Gasteiger charge is 2.27. The second kappa shape index (κ2) is 6.00. The molecule has 0 saturated carbocycles. The first-order chi connectivity index (χ1) is 11.3. The van der Waals surface area contributed by atoms with E-state index in [1.807, 2.05) is 12.1 Å². The number of benzene rings is 1. The summed E-state index contributed by atoms with van der Waals surface area (Å²) in [5.41, 5.74) is 4.73. The van der Waals surface area contributed by atoms with Gasteiger partial charge in [-0.3, -0.25) is 4.79 Å². The molecule has 0 spiro atoms. The van der Waals surface area contributed by atoms with Crippen molar-refractivity contribution in [1.82, 2.24) is 15.2 Å². The van der Waals surface area contributed by atoms with E-state index in [0.29, 0.717) is 5.92 Å². The molecule has 1 fully saturated rings. The number of rotatable bonds is 3. The highest BCUT2D eigenvalue weighted by Crippen LogP contribution is 2.36. The molecule has 2 aliphatic rings. The maximum absolute atomic E-state index is 12.3. The molecule has 2 N–H and O–H groups in total. The third-order valence-corrected chi connectivity index (χ3v) is 5.40. The molecule has 3 heterocycles. The molecule has 4 rings (SSSR count). The van der Waals surface area contributed by atoms with E-state index in [-0.39, 0.29) is 5.91 Å². The maximum atomic E-state index is 12.3. The van der Waals surface area contributed by atoms with Crippen LogP contribution in [0.15, 0.2) is 18.2 Å². The van der Waals surface area contributed by atoms with Crippen LogP contribution >= 0.6 is 0 Å². The number of hydrogen-bond donors (Lipinski definition) is 2. The molecule has 2 aromatic rings. The van der Waals surface area contributed by atoms with Gasteiger partial charge in [-0.05, 0) is 63.0 Å². The zero-order chi connectivity index (χ0) is 15.8. The van der Waals surface area contributed by atoms with Gasteiger partial charge in [-0.25, -0.2) is 0 Å². The van der Waals surface area contributed by atoms with Crippen LogP contribution in [-0.2, 0) is 6.42 Å². The number of H-pyrrole nitrogens is 1. The Balaban J connectivity index is 1.70. The van der Waals surface area contributed by atoms with E-state index < -0.39 is 0 Å². The lowest BCUT2D eigenvalue weighted by molar-refractivity contribution is 0.0957. The van der Waals surface area contributed by atoms with Crippen LogP contribution in [0.5, 0.6) is 0 Å². The van der Waals surface area contributed by atoms with Crippen LogP contribution in [0.1, 0.15) is 53.7 Å². The fourth-order valence-electron chi connectivity index (χ4n) is 4.29. The molecule has 0 radical (unpaired) electrons. The van der Waals surface area contributed by atoms with Crippen molar-refractivity contribution in [3.63, 3.8) is 0 Å². The molecule has 4 nitrogen and oxygen atoms in total. The Morgan fingerprint density at radius 2 is 2.09 bits per heavy atom. The van der Waals surface area contributed by atoms with E-state index in [2.05, 4.69) is 28.2 Å². The second-order valence-corrected chi connectivity index (χ2v) is 6.87. The first kappa shape index (κ1) is 14.8. The zero-order valence-electron chi connectivity index (χ0n) is 13.8. The minimum absolute atomic E-state index is 0.0673. The highest BCUT2D eigenvalue weighted by atomic mass is 16.1. The van der Waals surface area contributed by atoms with Crippen LogP contribution in [0.2, 0.25) is 0 Å². The van der Waals surface area contributed by atoms with E-state index in [0.717, 1.165) is 29.4 Å². The maximum Gasteiger partial charge on any atom is 0.251 e. The molecule has 0 atom stereocenters. The molecule has 0 aliphatic carbocycles. The van der Waals surface area contributed by atoms with Crippen LogP contribution in [0, 0.1) is 0 Å². The molecule has 23 heavy (non-hydrogen) atoms. The zero-order valence-corrected chi connectivity index (χ0v) is 13.8. The number of aromatic nitrogens is 1. The van der Waals surface area contributed by atoms with Crippen molar-refractivity contribution < 1.29 is 4.79 Å². The SMILES string of the molecule is CCCN1CCC(c2[nH]c3cccc4c3c2CCNC4=O)CC1. The molecule has 2 aliphatic heterocycles. The first-order valence-electron chi connectivity index (χ1n) is 8.92. The van der Waals surface area contributed by atoms with Gasteiger partial charge in [0.2, 0.25) is 0 Å². The van der Waals surface area contributed by atoms with E-state index in [9.17, 15) is 4.79 Å². The van der Waals surface area contributed by atoms with Crippen LogP contribution in [0.3, 0.4) is 0 Å². The Hall–Kier alpha value is -1.81. The molecule has 1 aromatic carbocycles. The Morgan fingerprint density at radius 3 is 2.87 bits per heavy atom. The van der Waals surface area contributed by atoms with Crippen LogP contribution < -0.4 is 5.32 Å². The number of nitrogens with zero attached hydrogens (tertiary/aromatic N) is 1. The molecular weight excluding hydrogens is 286 g/mol. The van der Waals surface area contributed by atoms with Gasteiger partial charge in [0, 0.05) is 34.6 Å². The molecular formula is C19H25N3O. The van der Waals surface area contributed by atoms with Gasteiger partial charge in [0.1, 0.15) is 0 Å². The van der Waals surface area contributed by atoms with Gasteiger partial charge in [0.25, 0.3) is 5.91 Å². The lowest BCUT2D eigenvalue weighted by Crippen LogP contribution is -2.33. The van der Waals surface area contributed by atoms with Crippen molar-refractivity contribution in [2.24, 2.45) is 0 Å². The predicted octanol–water partition coefficient (Wildman–Crippen LogP) is 3.04. The van der Waals surface area contributed by atoms with Crippen molar-refractivity contribution in [3.05, 3.63) is 35.0 Å². The van der Waals surface area contributed by atoms with Crippen molar-refractivity contribution in [1.29, 1.82) is 0 Å².